The molecule has 3 nitrogen and oxygen atoms in total. The molecule has 1 heterocycles. The van der Waals surface area contributed by atoms with Gasteiger partial charge in [-0.2, -0.15) is 0 Å². The monoisotopic (exact) mass is 324 g/mol. The molecule has 1 aliphatic heterocycles. The Morgan fingerprint density at radius 2 is 2.11 bits per heavy atom. The average molecular weight is 325 g/mol. The minimum Gasteiger partial charge on any atom is -0.342 e. The molecule has 1 amide bonds. The van der Waals surface area contributed by atoms with Crippen LogP contribution in [0.3, 0.4) is 0 Å². The number of amides is 1. The van der Waals surface area contributed by atoms with Gasteiger partial charge in [-0.1, -0.05) is 46.3 Å². The second-order valence-electron chi connectivity index (χ2n) is 5.16. The Hall–Kier alpha value is -0.870. The quantitative estimate of drug-likeness (QED) is 0.751. The van der Waals surface area contributed by atoms with Gasteiger partial charge in [-0.3, -0.25) is 4.79 Å². The zero-order valence-electron chi connectivity index (χ0n) is 11.4. The molecular weight excluding hydrogens is 304 g/mol. The second-order valence-corrected chi connectivity index (χ2v) is 6.26. The average Bonchev–Trinajstić information content (AvgIpc) is 2.72. The molecule has 0 saturated carbocycles. The number of nitrogens with zero attached hydrogens (tertiary/aromatic N) is 2. The summed E-state index contributed by atoms with van der Waals surface area (Å²) >= 11 is 3.41. The van der Waals surface area contributed by atoms with E-state index in [0.717, 1.165) is 39.0 Å². The highest BCUT2D eigenvalue weighted by molar-refractivity contribution is 9.10. The first-order valence-electron chi connectivity index (χ1n) is 6.82. The molecule has 0 bridgehead atoms. The summed E-state index contributed by atoms with van der Waals surface area (Å²) in [4.78, 5) is 16.1. The van der Waals surface area contributed by atoms with Crippen molar-refractivity contribution >= 4 is 21.8 Å². The number of rotatable bonds is 6. The summed E-state index contributed by atoms with van der Waals surface area (Å²) in [6.45, 7) is 3.76. The summed E-state index contributed by atoms with van der Waals surface area (Å²) in [6.07, 6.45) is 1.98. The molecule has 104 valence electrons. The smallest absolute Gasteiger partial charge is 0.236 e. The Morgan fingerprint density at radius 1 is 1.37 bits per heavy atom. The van der Waals surface area contributed by atoms with Crippen LogP contribution in [0.15, 0.2) is 30.3 Å². The molecule has 1 fully saturated rings. The van der Waals surface area contributed by atoms with E-state index < -0.39 is 0 Å². The van der Waals surface area contributed by atoms with Crippen molar-refractivity contribution in [3.63, 3.8) is 0 Å². The molecule has 4 heteroatoms. The van der Waals surface area contributed by atoms with E-state index in [1.807, 2.05) is 11.0 Å². The van der Waals surface area contributed by atoms with Crippen LogP contribution < -0.4 is 0 Å². The van der Waals surface area contributed by atoms with Crippen molar-refractivity contribution in [3.05, 3.63) is 35.9 Å². The Kier molecular flexibility index (Phi) is 5.40. The number of likely N-dealkylation sites (tertiary alicyclic amines) is 1. The molecule has 0 aliphatic carbocycles. The van der Waals surface area contributed by atoms with E-state index in [0.29, 0.717) is 0 Å². The van der Waals surface area contributed by atoms with E-state index >= 15 is 0 Å². The first kappa shape index (κ1) is 14.5. The lowest BCUT2D eigenvalue weighted by Crippen LogP contribution is -2.31. The van der Waals surface area contributed by atoms with Crippen molar-refractivity contribution in [2.75, 3.05) is 26.7 Å². The Balaban J connectivity index is 1.67. The summed E-state index contributed by atoms with van der Waals surface area (Å²) in [5, 5.41) is 0. The molecule has 1 saturated heterocycles. The van der Waals surface area contributed by atoms with Gasteiger partial charge in [0.05, 0.1) is 4.83 Å². The summed E-state index contributed by atoms with van der Waals surface area (Å²) in [5.74, 6) is 0.255. The lowest BCUT2D eigenvalue weighted by molar-refractivity contribution is -0.127. The number of alkyl halides is 1. The lowest BCUT2D eigenvalue weighted by atomic mass is 10.2. The third kappa shape index (κ3) is 4.32. The fourth-order valence-electron chi connectivity index (χ4n) is 2.43. The van der Waals surface area contributed by atoms with Crippen molar-refractivity contribution in [3.8, 4) is 0 Å². The van der Waals surface area contributed by atoms with Gasteiger partial charge in [0.2, 0.25) is 5.91 Å². The van der Waals surface area contributed by atoms with Crippen molar-refractivity contribution in [2.24, 2.45) is 0 Å². The van der Waals surface area contributed by atoms with E-state index in [2.05, 4.69) is 52.1 Å². The number of benzene rings is 1. The predicted octanol–water partition coefficient (Wildman–Crippen LogP) is 2.50. The molecule has 19 heavy (non-hydrogen) atoms. The van der Waals surface area contributed by atoms with E-state index in [1.165, 1.54) is 5.56 Å². The maximum atomic E-state index is 11.7. The molecule has 0 N–H and O–H groups in total. The standard InChI is InChI=1S/C15H21BrN2O/c1-17(12-13-6-3-2-4-7-13)9-5-10-18-11-8-14(16)15(18)19/h2-4,6-7,14H,5,8-12H2,1H3. The van der Waals surface area contributed by atoms with Crippen molar-refractivity contribution < 1.29 is 4.79 Å². The maximum Gasteiger partial charge on any atom is 0.236 e. The molecule has 0 aromatic heterocycles. The maximum absolute atomic E-state index is 11.7. The van der Waals surface area contributed by atoms with Gasteiger partial charge < -0.3 is 9.80 Å². The van der Waals surface area contributed by atoms with Crippen LogP contribution in [0.2, 0.25) is 0 Å². The zero-order chi connectivity index (χ0) is 13.7. The highest BCUT2D eigenvalue weighted by Crippen LogP contribution is 2.18. The van der Waals surface area contributed by atoms with Gasteiger partial charge in [-0.25, -0.2) is 0 Å². The van der Waals surface area contributed by atoms with Crippen molar-refractivity contribution in [2.45, 2.75) is 24.2 Å². The molecule has 0 spiro atoms. The Labute approximate surface area is 123 Å². The summed E-state index contributed by atoms with van der Waals surface area (Å²) in [6, 6.07) is 10.5. The Morgan fingerprint density at radius 3 is 2.74 bits per heavy atom. The van der Waals surface area contributed by atoms with Gasteiger partial charge in [0, 0.05) is 19.6 Å². The van der Waals surface area contributed by atoms with Crippen LogP contribution in [0.25, 0.3) is 0 Å². The van der Waals surface area contributed by atoms with E-state index in [-0.39, 0.29) is 10.7 Å². The molecule has 0 radical (unpaired) electrons. The highest BCUT2D eigenvalue weighted by Gasteiger charge is 2.28. The van der Waals surface area contributed by atoms with E-state index in [1.54, 1.807) is 0 Å². The zero-order valence-corrected chi connectivity index (χ0v) is 13.0. The SMILES string of the molecule is CN(CCCN1CCC(Br)C1=O)Cc1ccccc1. The highest BCUT2D eigenvalue weighted by atomic mass is 79.9. The number of hydrogen-bond donors (Lipinski definition) is 0. The molecule has 1 atom stereocenters. The number of hydrogen-bond acceptors (Lipinski definition) is 2. The summed E-state index contributed by atoms with van der Waals surface area (Å²) in [7, 11) is 2.13. The van der Waals surface area contributed by atoms with Crippen LogP contribution in [0.4, 0.5) is 0 Å². The second kappa shape index (κ2) is 7.06. The molecule has 2 rings (SSSR count). The van der Waals surface area contributed by atoms with Crippen LogP contribution in [0.5, 0.6) is 0 Å². The van der Waals surface area contributed by atoms with Crippen molar-refractivity contribution in [1.29, 1.82) is 0 Å². The largest absolute Gasteiger partial charge is 0.342 e. The third-order valence-corrected chi connectivity index (χ3v) is 4.34. The van der Waals surface area contributed by atoms with Gasteiger partial charge in [-0.05, 0) is 32.0 Å². The summed E-state index contributed by atoms with van der Waals surface area (Å²) < 4.78 is 0. The minimum absolute atomic E-state index is 0.0505. The van der Waals surface area contributed by atoms with Crippen LogP contribution in [0.1, 0.15) is 18.4 Å². The molecular formula is C15H21BrN2O. The third-order valence-electron chi connectivity index (χ3n) is 3.50. The van der Waals surface area contributed by atoms with Gasteiger partial charge in [0.15, 0.2) is 0 Å². The Bertz CT molecular complexity index is 410. The molecule has 1 aliphatic rings. The van der Waals surface area contributed by atoms with E-state index in [9.17, 15) is 4.79 Å². The summed E-state index contributed by atoms with van der Waals surface area (Å²) in [5.41, 5.74) is 1.34. The number of carbonyl (C=O) groups excluding carboxylic acids is 1. The normalized spacial score (nSPS) is 19.4. The fourth-order valence-corrected chi connectivity index (χ4v) is 2.92. The van der Waals surface area contributed by atoms with Crippen LogP contribution in [0, 0.1) is 0 Å². The fraction of sp³-hybridized carbons (Fsp3) is 0.533. The van der Waals surface area contributed by atoms with Gasteiger partial charge in [-0.15, -0.1) is 0 Å². The molecule has 1 aromatic carbocycles. The van der Waals surface area contributed by atoms with Gasteiger partial charge in [0.1, 0.15) is 0 Å². The molecule has 1 aromatic rings. The number of halogens is 1. The van der Waals surface area contributed by atoms with Crippen LogP contribution >= 0.6 is 15.9 Å². The first-order valence-corrected chi connectivity index (χ1v) is 7.73. The van der Waals surface area contributed by atoms with E-state index in [4.69, 9.17) is 0 Å². The molecule has 1 unspecified atom stereocenters. The number of carbonyl (C=O) groups is 1. The lowest BCUT2D eigenvalue weighted by Gasteiger charge is -2.20. The van der Waals surface area contributed by atoms with Gasteiger partial charge >= 0.3 is 0 Å². The minimum atomic E-state index is 0.0505. The van der Waals surface area contributed by atoms with Gasteiger partial charge in [0.25, 0.3) is 0 Å². The van der Waals surface area contributed by atoms with Crippen molar-refractivity contribution in [1.82, 2.24) is 9.80 Å². The van der Waals surface area contributed by atoms with Crippen LogP contribution in [-0.2, 0) is 11.3 Å². The predicted molar refractivity (Wildman–Crippen MR) is 81.3 cm³/mol. The van der Waals surface area contributed by atoms with Crippen LogP contribution in [-0.4, -0.2) is 47.2 Å². The topological polar surface area (TPSA) is 23.6 Å². The first-order chi connectivity index (χ1) is 9.16.